The molecule has 0 fully saturated rings. The number of aromatic nitrogens is 2. The van der Waals surface area contributed by atoms with Crippen LogP contribution in [0.1, 0.15) is 39.1 Å². The lowest BCUT2D eigenvalue weighted by molar-refractivity contribution is 0.241. The minimum absolute atomic E-state index is 0.702. The average molecular weight is 302 g/mol. The predicted octanol–water partition coefficient (Wildman–Crippen LogP) is 3.45. The second-order valence-electron chi connectivity index (χ2n) is 4.88. The monoisotopic (exact) mass is 301 g/mol. The Balaban J connectivity index is 2.84. The topological polar surface area (TPSA) is 21.1 Å². The molecule has 0 aliphatic carbocycles. The van der Waals surface area contributed by atoms with Gasteiger partial charge >= 0.3 is 0 Å². The Kier molecular flexibility index (Phi) is 5.67. The van der Waals surface area contributed by atoms with Gasteiger partial charge in [-0.3, -0.25) is 9.58 Å². The molecule has 1 aromatic rings. The van der Waals surface area contributed by atoms with Gasteiger partial charge in [-0.25, -0.2) is 0 Å². The summed E-state index contributed by atoms with van der Waals surface area (Å²) in [7, 11) is 0. The van der Waals surface area contributed by atoms with Crippen LogP contribution in [0.25, 0.3) is 0 Å². The van der Waals surface area contributed by atoms with Crippen LogP contribution in [0.5, 0.6) is 0 Å². The van der Waals surface area contributed by atoms with E-state index >= 15 is 0 Å². The van der Waals surface area contributed by atoms with Gasteiger partial charge in [0.05, 0.1) is 15.9 Å². The van der Waals surface area contributed by atoms with Gasteiger partial charge in [-0.2, -0.15) is 5.10 Å². The molecule has 1 rings (SSSR count). The van der Waals surface area contributed by atoms with E-state index in [2.05, 4.69) is 65.2 Å². The first kappa shape index (κ1) is 14.7. The highest BCUT2D eigenvalue weighted by Gasteiger charge is 2.15. The maximum Gasteiger partial charge on any atom is 0.0739 e. The standard InChI is InChI=1S/C13H24BrN3/c1-6-16(8-10(3)4)9-12-13(14)11(5)15-17(12)7-2/h10H,6-9H2,1-5H3. The highest BCUT2D eigenvalue weighted by atomic mass is 79.9. The van der Waals surface area contributed by atoms with E-state index in [9.17, 15) is 0 Å². The zero-order valence-electron chi connectivity index (χ0n) is 11.6. The van der Waals surface area contributed by atoms with E-state index in [1.54, 1.807) is 0 Å². The van der Waals surface area contributed by atoms with Crippen LogP contribution in [-0.4, -0.2) is 27.8 Å². The molecular formula is C13H24BrN3. The summed E-state index contributed by atoms with van der Waals surface area (Å²) in [4.78, 5) is 2.47. The second kappa shape index (κ2) is 6.55. The summed E-state index contributed by atoms with van der Waals surface area (Å²) >= 11 is 3.66. The Hall–Kier alpha value is -0.350. The highest BCUT2D eigenvalue weighted by Crippen LogP contribution is 2.22. The quantitative estimate of drug-likeness (QED) is 0.802. The lowest BCUT2D eigenvalue weighted by Gasteiger charge is -2.23. The zero-order valence-corrected chi connectivity index (χ0v) is 13.2. The molecule has 0 saturated heterocycles. The van der Waals surface area contributed by atoms with E-state index in [1.165, 1.54) is 10.2 Å². The third-order valence-electron chi connectivity index (χ3n) is 2.90. The summed E-state index contributed by atoms with van der Waals surface area (Å²) in [6.45, 7) is 15.1. The van der Waals surface area contributed by atoms with Gasteiger partial charge in [-0.1, -0.05) is 20.8 Å². The molecule has 0 atom stereocenters. The van der Waals surface area contributed by atoms with Crippen molar-refractivity contribution in [3.05, 3.63) is 15.9 Å². The smallest absolute Gasteiger partial charge is 0.0739 e. The summed E-state index contributed by atoms with van der Waals surface area (Å²) in [6, 6.07) is 0. The molecule has 0 aliphatic rings. The molecule has 0 saturated carbocycles. The molecule has 0 aliphatic heterocycles. The normalized spacial score (nSPS) is 11.8. The summed E-state index contributed by atoms with van der Waals surface area (Å²) < 4.78 is 3.27. The van der Waals surface area contributed by atoms with Crippen LogP contribution in [0.4, 0.5) is 0 Å². The first-order valence-corrected chi connectivity index (χ1v) is 7.22. The first-order valence-electron chi connectivity index (χ1n) is 6.43. The molecule has 17 heavy (non-hydrogen) atoms. The Morgan fingerprint density at radius 1 is 1.35 bits per heavy atom. The lowest BCUT2D eigenvalue weighted by Crippen LogP contribution is -2.28. The van der Waals surface area contributed by atoms with Gasteiger partial charge in [0.15, 0.2) is 0 Å². The van der Waals surface area contributed by atoms with Crippen molar-refractivity contribution >= 4 is 15.9 Å². The molecule has 3 nitrogen and oxygen atoms in total. The molecule has 98 valence electrons. The Morgan fingerprint density at radius 2 is 2.00 bits per heavy atom. The fraction of sp³-hybridized carbons (Fsp3) is 0.769. The molecule has 4 heteroatoms. The largest absolute Gasteiger partial charge is 0.298 e. The third-order valence-corrected chi connectivity index (χ3v) is 3.93. The summed E-state index contributed by atoms with van der Waals surface area (Å²) in [5.41, 5.74) is 2.38. The number of hydrogen-bond donors (Lipinski definition) is 0. The highest BCUT2D eigenvalue weighted by molar-refractivity contribution is 9.10. The molecule has 0 bridgehead atoms. The molecule has 0 amide bonds. The molecule has 0 aromatic carbocycles. The van der Waals surface area contributed by atoms with Crippen LogP contribution in [0.2, 0.25) is 0 Å². The number of hydrogen-bond acceptors (Lipinski definition) is 2. The molecule has 1 heterocycles. The van der Waals surface area contributed by atoms with Crippen molar-refractivity contribution in [3.8, 4) is 0 Å². The minimum atomic E-state index is 0.702. The fourth-order valence-corrected chi connectivity index (χ4v) is 2.46. The number of rotatable bonds is 6. The van der Waals surface area contributed by atoms with Crippen LogP contribution in [-0.2, 0) is 13.1 Å². The zero-order chi connectivity index (χ0) is 13.0. The lowest BCUT2D eigenvalue weighted by atomic mass is 10.2. The minimum Gasteiger partial charge on any atom is -0.298 e. The van der Waals surface area contributed by atoms with Crippen LogP contribution in [0.3, 0.4) is 0 Å². The summed E-state index contributed by atoms with van der Waals surface area (Å²) in [5, 5.41) is 4.54. The van der Waals surface area contributed by atoms with Gasteiger partial charge in [-0.15, -0.1) is 0 Å². The van der Waals surface area contributed by atoms with Gasteiger partial charge in [0, 0.05) is 19.6 Å². The predicted molar refractivity (Wildman–Crippen MR) is 76.1 cm³/mol. The Labute approximate surface area is 113 Å². The molecule has 0 radical (unpaired) electrons. The second-order valence-corrected chi connectivity index (χ2v) is 5.68. The molecular weight excluding hydrogens is 278 g/mol. The van der Waals surface area contributed by atoms with Crippen LogP contribution in [0.15, 0.2) is 4.47 Å². The van der Waals surface area contributed by atoms with Crippen molar-refractivity contribution in [2.45, 2.75) is 47.7 Å². The van der Waals surface area contributed by atoms with Crippen molar-refractivity contribution in [2.24, 2.45) is 5.92 Å². The average Bonchev–Trinajstić information content (AvgIpc) is 2.55. The molecule has 0 unspecified atom stereocenters. The van der Waals surface area contributed by atoms with Crippen molar-refractivity contribution in [1.29, 1.82) is 0 Å². The van der Waals surface area contributed by atoms with E-state index < -0.39 is 0 Å². The van der Waals surface area contributed by atoms with Crippen molar-refractivity contribution in [2.75, 3.05) is 13.1 Å². The molecule has 0 N–H and O–H groups in total. The van der Waals surface area contributed by atoms with Gasteiger partial charge in [0.1, 0.15) is 0 Å². The Bertz CT molecular complexity index is 358. The maximum absolute atomic E-state index is 4.54. The summed E-state index contributed by atoms with van der Waals surface area (Å²) in [5.74, 6) is 0.702. The van der Waals surface area contributed by atoms with E-state index in [1.807, 2.05) is 0 Å². The van der Waals surface area contributed by atoms with Crippen molar-refractivity contribution in [1.82, 2.24) is 14.7 Å². The fourth-order valence-electron chi connectivity index (χ4n) is 2.05. The first-order chi connectivity index (χ1) is 7.99. The number of aryl methyl sites for hydroxylation is 2. The van der Waals surface area contributed by atoms with Crippen molar-refractivity contribution in [3.63, 3.8) is 0 Å². The van der Waals surface area contributed by atoms with Crippen molar-refractivity contribution < 1.29 is 0 Å². The van der Waals surface area contributed by atoms with Crippen LogP contribution >= 0.6 is 15.9 Å². The molecule has 0 spiro atoms. The van der Waals surface area contributed by atoms with E-state index in [-0.39, 0.29) is 0 Å². The van der Waals surface area contributed by atoms with E-state index in [0.29, 0.717) is 5.92 Å². The Morgan fingerprint density at radius 3 is 2.47 bits per heavy atom. The number of nitrogens with zero attached hydrogens (tertiary/aromatic N) is 3. The maximum atomic E-state index is 4.54. The van der Waals surface area contributed by atoms with Crippen LogP contribution < -0.4 is 0 Å². The van der Waals surface area contributed by atoms with Gasteiger partial charge in [0.2, 0.25) is 0 Å². The summed E-state index contributed by atoms with van der Waals surface area (Å²) in [6.07, 6.45) is 0. The third kappa shape index (κ3) is 3.81. The van der Waals surface area contributed by atoms with Gasteiger partial charge in [0.25, 0.3) is 0 Å². The van der Waals surface area contributed by atoms with Crippen LogP contribution in [0, 0.1) is 12.8 Å². The SMILES string of the molecule is CCN(Cc1c(Br)c(C)nn1CC)CC(C)C. The number of halogens is 1. The van der Waals surface area contributed by atoms with Gasteiger partial charge < -0.3 is 0 Å². The molecule has 1 aromatic heterocycles. The van der Waals surface area contributed by atoms with E-state index in [4.69, 9.17) is 0 Å². The van der Waals surface area contributed by atoms with E-state index in [0.717, 1.165) is 31.9 Å². The van der Waals surface area contributed by atoms with Gasteiger partial charge in [-0.05, 0) is 42.2 Å².